The number of anilines is 1. The first-order chi connectivity index (χ1) is 14.2. The third kappa shape index (κ3) is 4.49. The summed E-state index contributed by atoms with van der Waals surface area (Å²) in [6.45, 7) is 6.63. The van der Waals surface area contributed by atoms with Crippen LogP contribution in [0.1, 0.15) is 43.7 Å². The highest BCUT2D eigenvalue weighted by molar-refractivity contribution is 5.79. The van der Waals surface area contributed by atoms with E-state index in [0.29, 0.717) is 19.3 Å². The minimum absolute atomic E-state index is 0.464. The fraction of sp³-hybridized carbons (Fsp3) is 0.800. The van der Waals surface area contributed by atoms with Crippen molar-refractivity contribution < 1.29 is 9.47 Å². The average molecular weight is 406 g/mol. The van der Waals surface area contributed by atoms with E-state index in [4.69, 9.17) is 20.3 Å². The molecule has 1 saturated heterocycles. The van der Waals surface area contributed by atoms with Gasteiger partial charge in [0, 0.05) is 39.8 Å². The predicted molar refractivity (Wildman–Crippen MR) is 113 cm³/mol. The third-order valence-electron chi connectivity index (χ3n) is 6.41. The number of methoxy groups -OCH3 is 1. The fourth-order valence-electron chi connectivity index (χ4n) is 4.64. The van der Waals surface area contributed by atoms with E-state index in [0.717, 1.165) is 50.7 Å². The molecule has 1 aromatic rings. The van der Waals surface area contributed by atoms with E-state index in [1.807, 2.05) is 6.20 Å². The summed E-state index contributed by atoms with van der Waals surface area (Å²) < 4.78 is 12.8. The largest absolute Gasteiger partial charge is 0.382 e. The average Bonchev–Trinajstić information content (AvgIpc) is 3.20. The molecule has 162 valence electrons. The second kappa shape index (κ2) is 9.53. The van der Waals surface area contributed by atoms with Crippen LogP contribution in [0, 0.1) is 0 Å². The van der Waals surface area contributed by atoms with E-state index in [1.165, 1.54) is 32.1 Å². The van der Waals surface area contributed by atoms with Gasteiger partial charge in [-0.3, -0.25) is 15.5 Å². The van der Waals surface area contributed by atoms with Gasteiger partial charge < -0.3 is 14.8 Å². The molecule has 29 heavy (non-hydrogen) atoms. The molecule has 0 spiro atoms. The highest BCUT2D eigenvalue weighted by Gasteiger charge is 2.41. The van der Waals surface area contributed by atoms with E-state index in [-0.39, 0.29) is 0 Å². The Hall–Kier alpha value is -1.52. The van der Waals surface area contributed by atoms with Crippen LogP contribution in [0.2, 0.25) is 0 Å². The number of rotatable bonds is 8. The number of fused-ring (bicyclic) bond motifs is 1. The lowest BCUT2D eigenvalue weighted by Crippen LogP contribution is -2.60. The van der Waals surface area contributed by atoms with Crippen LogP contribution >= 0.6 is 0 Å². The van der Waals surface area contributed by atoms with Crippen molar-refractivity contribution in [3.05, 3.63) is 11.8 Å². The molecule has 0 aromatic carbocycles. The molecule has 1 unspecified atom stereocenters. The van der Waals surface area contributed by atoms with Crippen molar-refractivity contribution in [2.24, 2.45) is 10.7 Å². The van der Waals surface area contributed by atoms with E-state index in [2.05, 4.69) is 24.8 Å². The number of aliphatic imine (C=N–C) groups is 1. The van der Waals surface area contributed by atoms with Crippen molar-refractivity contribution in [1.29, 1.82) is 0 Å². The van der Waals surface area contributed by atoms with Gasteiger partial charge in [-0.25, -0.2) is 9.67 Å². The summed E-state index contributed by atoms with van der Waals surface area (Å²) in [5.74, 6) is 0.178. The zero-order chi connectivity index (χ0) is 20.1. The Morgan fingerprint density at radius 1 is 1.14 bits per heavy atom. The number of piperazine rings is 1. The maximum absolute atomic E-state index is 6.87. The molecule has 3 heterocycles. The summed E-state index contributed by atoms with van der Waals surface area (Å²) in [6.07, 6.45) is 9.93. The van der Waals surface area contributed by atoms with Gasteiger partial charge in [-0.1, -0.05) is 19.3 Å². The molecule has 3 aliphatic rings. The minimum atomic E-state index is -0.839. The molecule has 0 amide bonds. The Bertz CT molecular complexity index is 680. The quantitative estimate of drug-likeness (QED) is 0.628. The maximum atomic E-state index is 6.87. The number of hydrogen-bond donors (Lipinski definition) is 2. The Morgan fingerprint density at radius 2 is 1.93 bits per heavy atom. The lowest BCUT2D eigenvalue weighted by Gasteiger charge is -2.44. The second-order valence-corrected chi connectivity index (χ2v) is 8.21. The topological polar surface area (TPSA) is 93.2 Å². The summed E-state index contributed by atoms with van der Waals surface area (Å²) in [6, 6.07) is 0.464. The van der Waals surface area contributed by atoms with Crippen molar-refractivity contribution in [3.8, 4) is 0 Å². The molecule has 4 rings (SSSR count). The lowest BCUT2D eigenvalue weighted by molar-refractivity contribution is 0.0167. The molecular formula is C20H35N7O2. The van der Waals surface area contributed by atoms with Crippen molar-refractivity contribution in [1.82, 2.24) is 19.6 Å². The molecule has 1 aromatic heterocycles. The highest BCUT2D eigenvalue weighted by Crippen LogP contribution is 2.37. The molecule has 1 atom stereocenters. The van der Waals surface area contributed by atoms with E-state index in [9.17, 15) is 0 Å². The standard InChI is InChI=1S/C20H35N7O2/c1-28-13-14-29-12-11-25-7-9-26(10-8-25)20(21)18-15-24-27(19(18)22-16-23-20)17-5-3-2-4-6-17/h15-17H,2-14,21H2,1H3,(H,22,23). The fourth-order valence-corrected chi connectivity index (χ4v) is 4.64. The van der Waals surface area contributed by atoms with E-state index >= 15 is 0 Å². The van der Waals surface area contributed by atoms with Gasteiger partial charge in [0.25, 0.3) is 0 Å². The summed E-state index contributed by atoms with van der Waals surface area (Å²) in [4.78, 5) is 9.36. The van der Waals surface area contributed by atoms with Crippen molar-refractivity contribution in [2.45, 2.75) is 43.9 Å². The Kier molecular flexibility index (Phi) is 6.81. The number of nitrogens with two attached hydrogens (primary N) is 1. The molecule has 9 heteroatoms. The van der Waals surface area contributed by atoms with Crippen LogP contribution in [0.3, 0.4) is 0 Å². The summed E-state index contributed by atoms with van der Waals surface area (Å²) >= 11 is 0. The van der Waals surface area contributed by atoms with Gasteiger partial charge in [0.05, 0.1) is 44.0 Å². The SMILES string of the molecule is COCCOCCN1CCN(C2(N)N=CNc3c2cnn3C2CCCCC2)CC1. The molecule has 9 nitrogen and oxygen atoms in total. The van der Waals surface area contributed by atoms with Crippen LogP contribution in [0.5, 0.6) is 0 Å². The van der Waals surface area contributed by atoms with E-state index in [1.54, 1.807) is 13.4 Å². The summed E-state index contributed by atoms with van der Waals surface area (Å²) in [5.41, 5.74) is 7.85. The van der Waals surface area contributed by atoms with Gasteiger partial charge in [0.1, 0.15) is 5.82 Å². The minimum Gasteiger partial charge on any atom is -0.382 e. The number of hydrogen-bond acceptors (Lipinski definition) is 8. The molecule has 0 bridgehead atoms. The zero-order valence-corrected chi connectivity index (χ0v) is 17.6. The number of nitrogens with one attached hydrogen (secondary N) is 1. The van der Waals surface area contributed by atoms with Gasteiger partial charge in [-0.15, -0.1) is 0 Å². The summed E-state index contributed by atoms with van der Waals surface area (Å²) in [7, 11) is 1.69. The van der Waals surface area contributed by atoms with Crippen LogP contribution in [0.4, 0.5) is 5.82 Å². The number of aromatic nitrogens is 2. The predicted octanol–water partition coefficient (Wildman–Crippen LogP) is 1.19. The molecule has 1 saturated carbocycles. The van der Waals surface area contributed by atoms with Crippen LogP contribution in [0.25, 0.3) is 0 Å². The first-order valence-electron chi connectivity index (χ1n) is 10.9. The summed E-state index contributed by atoms with van der Waals surface area (Å²) in [5, 5.41) is 8.04. The second-order valence-electron chi connectivity index (χ2n) is 8.21. The lowest BCUT2D eigenvalue weighted by atomic mass is 9.95. The van der Waals surface area contributed by atoms with Crippen molar-refractivity contribution >= 4 is 12.2 Å². The van der Waals surface area contributed by atoms with Crippen LogP contribution in [0.15, 0.2) is 11.2 Å². The maximum Gasteiger partial charge on any atom is 0.198 e. The smallest absolute Gasteiger partial charge is 0.198 e. The van der Waals surface area contributed by atoms with Crippen LogP contribution in [-0.2, 0) is 15.3 Å². The first kappa shape index (κ1) is 20.7. The third-order valence-corrected chi connectivity index (χ3v) is 6.41. The van der Waals surface area contributed by atoms with Gasteiger partial charge in [-0.05, 0) is 12.8 Å². The van der Waals surface area contributed by atoms with Gasteiger partial charge in [-0.2, -0.15) is 5.10 Å². The van der Waals surface area contributed by atoms with Crippen LogP contribution < -0.4 is 11.1 Å². The van der Waals surface area contributed by atoms with Crippen molar-refractivity contribution in [2.75, 3.05) is 65.0 Å². The first-order valence-corrected chi connectivity index (χ1v) is 10.9. The van der Waals surface area contributed by atoms with Gasteiger partial charge >= 0.3 is 0 Å². The van der Waals surface area contributed by atoms with E-state index < -0.39 is 5.79 Å². The molecule has 3 N–H and O–H groups in total. The molecule has 2 fully saturated rings. The molecule has 1 aliphatic carbocycles. The normalized spacial score (nSPS) is 26.4. The van der Waals surface area contributed by atoms with Gasteiger partial charge in [0.2, 0.25) is 0 Å². The monoisotopic (exact) mass is 405 g/mol. The molecular weight excluding hydrogens is 370 g/mol. The number of ether oxygens (including phenoxy) is 2. The zero-order valence-electron chi connectivity index (χ0n) is 17.6. The molecule has 2 aliphatic heterocycles. The molecule has 0 radical (unpaired) electrons. The van der Waals surface area contributed by atoms with Crippen molar-refractivity contribution in [3.63, 3.8) is 0 Å². The Morgan fingerprint density at radius 3 is 2.69 bits per heavy atom. The highest BCUT2D eigenvalue weighted by atomic mass is 16.5. The number of nitrogens with zero attached hydrogens (tertiary/aromatic N) is 5. The Balaban J connectivity index is 1.37. The Labute approximate surface area is 173 Å². The van der Waals surface area contributed by atoms with Crippen LogP contribution in [-0.4, -0.2) is 85.6 Å². The van der Waals surface area contributed by atoms with Gasteiger partial charge in [0.15, 0.2) is 5.79 Å².